The summed E-state index contributed by atoms with van der Waals surface area (Å²) in [5, 5.41) is 31.3. The van der Waals surface area contributed by atoms with Crippen LogP contribution in [0.25, 0.3) is 0 Å². The molecule has 0 bridgehead atoms. The zero-order valence-electron chi connectivity index (χ0n) is 13.2. The highest BCUT2D eigenvalue weighted by Crippen LogP contribution is 2.21. The maximum atomic E-state index is 11.9. The van der Waals surface area contributed by atoms with Crippen LogP contribution in [0.3, 0.4) is 0 Å². The van der Waals surface area contributed by atoms with Crippen molar-refractivity contribution in [2.45, 2.75) is 82.8 Å². The normalized spacial score (nSPS) is 31.7. The van der Waals surface area contributed by atoms with Gasteiger partial charge in [-0.1, -0.05) is 32.6 Å². The minimum absolute atomic E-state index is 0.225. The van der Waals surface area contributed by atoms with Crippen molar-refractivity contribution in [3.63, 3.8) is 0 Å². The first-order valence-corrected chi connectivity index (χ1v) is 7.92. The molecule has 1 amide bonds. The van der Waals surface area contributed by atoms with Crippen molar-refractivity contribution in [3.05, 3.63) is 0 Å². The molecule has 1 aliphatic rings. The molecule has 4 N–H and O–H groups in total. The van der Waals surface area contributed by atoms with Crippen molar-refractivity contribution in [3.8, 4) is 0 Å². The van der Waals surface area contributed by atoms with Crippen LogP contribution in [0.1, 0.15) is 52.4 Å². The van der Waals surface area contributed by atoms with Crippen LogP contribution in [0, 0.1) is 0 Å². The van der Waals surface area contributed by atoms with Gasteiger partial charge in [-0.2, -0.15) is 0 Å². The summed E-state index contributed by atoms with van der Waals surface area (Å²) in [5.74, 6) is -1.56. The molecule has 7 nitrogen and oxygen atoms in total. The van der Waals surface area contributed by atoms with Gasteiger partial charge in [0.15, 0.2) is 6.10 Å². The Morgan fingerprint density at radius 3 is 2.32 bits per heavy atom. The zero-order valence-corrected chi connectivity index (χ0v) is 13.2. The second-order valence-electron chi connectivity index (χ2n) is 5.84. The summed E-state index contributed by atoms with van der Waals surface area (Å²) >= 11 is 0. The molecular weight excluding hydrogens is 290 g/mol. The summed E-state index contributed by atoms with van der Waals surface area (Å²) < 4.78 is 5.18. The third-order valence-corrected chi connectivity index (χ3v) is 3.97. The summed E-state index contributed by atoms with van der Waals surface area (Å²) in [7, 11) is 0. The Hall–Kier alpha value is -1.18. The Morgan fingerprint density at radius 1 is 1.09 bits per heavy atom. The van der Waals surface area contributed by atoms with Gasteiger partial charge in [-0.05, 0) is 13.3 Å². The van der Waals surface area contributed by atoms with Crippen molar-refractivity contribution < 1.29 is 29.6 Å². The molecule has 128 valence electrons. The number of carboxylic acid groups (broad SMARTS) is 1. The quantitative estimate of drug-likeness (QED) is 0.482. The Bertz CT molecular complexity index is 375. The molecule has 0 aliphatic carbocycles. The number of aliphatic carboxylic acids is 1. The van der Waals surface area contributed by atoms with Crippen LogP contribution in [0.5, 0.6) is 0 Å². The highest BCUT2D eigenvalue weighted by atomic mass is 16.5. The lowest BCUT2D eigenvalue weighted by Crippen LogP contribution is -2.64. The number of carbonyl (C=O) groups is 2. The third kappa shape index (κ3) is 5.23. The predicted octanol–water partition coefficient (Wildman–Crippen LogP) is 0.425. The smallest absolute Gasteiger partial charge is 0.335 e. The number of hydrogen-bond donors (Lipinski definition) is 4. The van der Waals surface area contributed by atoms with E-state index in [0.717, 1.165) is 32.1 Å². The van der Waals surface area contributed by atoms with E-state index in [9.17, 15) is 19.8 Å². The predicted molar refractivity (Wildman–Crippen MR) is 79.3 cm³/mol. The van der Waals surface area contributed by atoms with Gasteiger partial charge in [0.2, 0.25) is 5.91 Å². The monoisotopic (exact) mass is 317 g/mol. The molecule has 1 saturated heterocycles. The van der Waals surface area contributed by atoms with E-state index >= 15 is 0 Å². The van der Waals surface area contributed by atoms with Gasteiger partial charge in [0.1, 0.15) is 12.2 Å². The van der Waals surface area contributed by atoms with E-state index in [1.165, 1.54) is 0 Å². The highest BCUT2D eigenvalue weighted by molar-refractivity contribution is 5.76. The van der Waals surface area contributed by atoms with Gasteiger partial charge in [0.05, 0.1) is 12.1 Å². The maximum Gasteiger partial charge on any atom is 0.335 e. The van der Waals surface area contributed by atoms with Crippen molar-refractivity contribution >= 4 is 11.9 Å². The van der Waals surface area contributed by atoms with Gasteiger partial charge < -0.3 is 25.4 Å². The fourth-order valence-corrected chi connectivity index (χ4v) is 2.62. The Balaban J connectivity index is 2.44. The first-order valence-electron chi connectivity index (χ1n) is 7.92. The maximum absolute atomic E-state index is 11.9. The molecule has 7 heteroatoms. The van der Waals surface area contributed by atoms with E-state index in [1.807, 2.05) is 0 Å². The lowest BCUT2D eigenvalue weighted by Gasteiger charge is -2.40. The van der Waals surface area contributed by atoms with Crippen molar-refractivity contribution in [2.24, 2.45) is 0 Å². The summed E-state index contributed by atoms with van der Waals surface area (Å²) in [6, 6.07) is -0.811. The summed E-state index contributed by atoms with van der Waals surface area (Å²) in [4.78, 5) is 22.8. The molecule has 0 aromatic carbocycles. The van der Waals surface area contributed by atoms with E-state index in [0.29, 0.717) is 6.42 Å². The van der Waals surface area contributed by atoms with Crippen molar-refractivity contribution in [2.75, 3.05) is 0 Å². The van der Waals surface area contributed by atoms with Crippen LogP contribution >= 0.6 is 0 Å². The molecule has 0 saturated carbocycles. The van der Waals surface area contributed by atoms with Crippen LogP contribution in [-0.4, -0.2) is 57.7 Å². The number of nitrogens with one attached hydrogen (secondary N) is 1. The van der Waals surface area contributed by atoms with Gasteiger partial charge >= 0.3 is 5.97 Å². The van der Waals surface area contributed by atoms with E-state index in [4.69, 9.17) is 9.84 Å². The molecule has 22 heavy (non-hydrogen) atoms. The highest BCUT2D eigenvalue weighted by Gasteiger charge is 2.46. The Kier molecular flexibility index (Phi) is 7.78. The van der Waals surface area contributed by atoms with E-state index in [1.54, 1.807) is 6.92 Å². The average Bonchev–Trinajstić information content (AvgIpc) is 2.46. The van der Waals surface area contributed by atoms with E-state index in [2.05, 4.69) is 12.2 Å². The number of aliphatic hydroxyl groups excluding tert-OH is 2. The lowest BCUT2D eigenvalue weighted by molar-refractivity contribution is -0.199. The molecule has 0 aromatic heterocycles. The van der Waals surface area contributed by atoms with Crippen LogP contribution in [0.4, 0.5) is 0 Å². The van der Waals surface area contributed by atoms with Gasteiger partial charge in [0.25, 0.3) is 0 Å². The number of aliphatic hydroxyl groups is 2. The SMILES string of the molecule is CCCCCCCC(=O)NC1[C@H](C)OC(C(=O)O)[C@@H](O)[C@@H]1O. The molecule has 1 rings (SSSR count). The molecule has 2 unspecified atom stereocenters. The minimum atomic E-state index is -1.57. The second kappa shape index (κ2) is 9.07. The Morgan fingerprint density at radius 2 is 1.73 bits per heavy atom. The van der Waals surface area contributed by atoms with Crippen molar-refractivity contribution in [1.29, 1.82) is 0 Å². The van der Waals surface area contributed by atoms with Crippen LogP contribution in [-0.2, 0) is 14.3 Å². The molecular formula is C15H27NO6. The van der Waals surface area contributed by atoms with Gasteiger partial charge in [0, 0.05) is 6.42 Å². The molecule has 0 spiro atoms. The number of ether oxygens (including phenoxy) is 1. The third-order valence-electron chi connectivity index (χ3n) is 3.97. The van der Waals surface area contributed by atoms with Crippen LogP contribution in [0.2, 0.25) is 0 Å². The largest absolute Gasteiger partial charge is 0.479 e. The summed E-state index contributed by atoms with van der Waals surface area (Å²) in [6.45, 7) is 3.69. The molecule has 1 fully saturated rings. The molecule has 1 aliphatic heterocycles. The fraction of sp³-hybridized carbons (Fsp3) is 0.867. The first kappa shape index (κ1) is 18.9. The minimum Gasteiger partial charge on any atom is -0.479 e. The van der Waals surface area contributed by atoms with Crippen LogP contribution < -0.4 is 5.32 Å². The number of rotatable bonds is 8. The first-order chi connectivity index (χ1) is 10.4. The van der Waals surface area contributed by atoms with E-state index < -0.39 is 36.4 Å². The number of carbonyl (C=O) groups excluding carboxylic acids is 1. The number of unbranched alkanes of at least 4 members (excludes halogenated alkanes) is 4. The van der Waals surface area contributed by atoms with Gasteiger partial charge in [-0.25, -0.2) is 4.79 Å². The number of amides is 1. The molecule has 0 aromatic rings. The molecule has 0 radical (unpaired) electrons. The average molecular weight is 317 g/mol. The van der Waals surface area contributed by atoms with E-state index in [-0.39, 0.29) is 5.91 Å². The summed E-state index contributed by atoms with van der Waals surface area (Å²) in [5.41, 5.74) is 0. The molecule has 1 heterocycles. The molecule has 5 atom stereocenters. The zero-order chi connectivity index (χ0) is 16.7. The number of carboxylic acids is 1. The van der Waals surface area contributed by atoms with Crippen molar-refractivity contribution in [1.82, 2.24) is 5.32 Å². The second-order valence-corrected chi connectivity index (χ2v) is 5.84. The van der Waals surface area contributed by atoms with Gasteiger partial charge in [-0.15, -0.1) is 0 Å². The van der Waals surface area contributed by atoms with Gasteiger partial charge in [-0.3, -0.25) is 4.79 Å². The topological polar surface area (TPSA) is 116 Å². The fourth-order valence-electron chi connectivity index (χ4n) is 2.62. The summed E-state index contributed by atoms with van der Waals surface area (Å²) in [6.07, 6.45) is 0.364. The standard InChI is InChI=1S/C15H27NO6/c1-3-4-5-6-7-8-10(17)16-11-9(2)22-14(15(20)21)13(19)12(11)18/h9,11-14,18-19H,3-8H2,1-2H3,(H,16,17)(H,20,21)/t9-,11?,12+,13-,14?/m0/s1. The number of hydrogen-bond acceptors (Lipinski definition) is 5. The Labute approximate surface area is 130 Å². The van der Waals surface area contributed by atoms with Crippen LogP contribution in [0.15, 0.2) is 0 Å². The lowest BCUT2D eigenvalue weighted by atomic mass is 9.93.